The molecule has 18 heavy (non-hydrogen) atoms. The van der Waals surface area contributed by atoms with Crippen LogP contribution in [-0.4, -0.2) is 30.4 Å². The van der Waals surface area contributed by atoms with Crippen LogP contribution in [0.4, 0.5) is 5.69 Å². The Kier molecular flexibility index (Phi) is 5.65. The maximum Gasteiger partial charge on any atom is 0.236 e. The molecule has 0 aromatic heterocycles. The first-order chi connectivity index (χ1) is 8.58. The van der Waals surface area contributed by atoms with Crippen LogP contribution in [0.2, 0.25) is 0 Å². The second-order valence-corrected chi connectivity index (χ2v) is 4.51. The summed E-state index contributed by atoms with van der Waals surface area (Å²) in [5.41, 5.74) is 7.67. The van der Waals surface area contributed by atoms with Crippen molar-refractivity contribution in [3.8, 4) is 0 Å². The smallest absolute Gasteiger partial charge is 0.236 e. The van der Waals surface area contributed by atoms with E-state index in [9.17, 15) is 4.79 Å². The van der Waals surface area contributed by atoms with E-state index in [-0.39, 0.29) is 11.9 Å². The Bertz CT molecular complexity index is 392. The van der Waals surface area contributed by atoms with Gasteiger partial charge in [-0.25, -0.2) is 0 Å². The Labute approximate surface area is 109 Å². The molecule has 0 aliphatic carbocycles. The minimum atomic E-state index is -0.128. The van der Waals surface area contributed by atoms with Crippen LogP contribution < -0.4 is 11.1 Å². The summed E-state index contributed by atoms with van der Waals surface area (Å²) in [4.78, 5) is 13.9. The van der Waals surface area contributed by atoms with Gasteiger partial charge in [0.1, 0.15) is 0 Å². The van der Waals surface area contributed by atoms with Gasteiger partial charge >= 0.3 is 0 Å². The van der Waals surface area contributed by atoms with Crippen LogP contribution in [0.25, 0.3) is 0 Å². The summed E-state index contributed by atoms with van der Waals surface area (Å²) in [5, 5.41) is 2.70. The second kappa shape index (κ2) is 7.01. The van der Waals surface area contributed by atoms with Gasteiger partial charge in [0.25, 0.3) is 0 Å². The number of benzene rings is 1. The molecule has 3 N–H and O–H groups in total. The molecule has 0 fully saturated rings. The standard InChI is InChI=1S/C14H23N3O/c1-4-8-17(11(2)14(18)16-3)10-12-6-5-7-13(15)9-12/h5-7,9,11H,4,8,10,15H2,1-3H3,(H,16,18). The summed E-state index contributed by atoms with van der Waals surface area (Å²) in [7, 11) is 1.67. The molecule has 1 rings (SSSR count). The number of nitrogens with two attached hydrogens (primary N) is 1. The van der Waals surface area contributed by atoms with E-state index in [0.717, 1.165) is 30.8 Å². The highest BCUT2D eigenvalue weighted by molar-refractivity contribution is 5.80. The lowest BCUT2D eigenvalue weighted by molar-refractivity contribution is -0.125. The van der Waals surface area contributed by atoms with Gasteiger partial charge in [-0.2, -0.15) is 0 Å². The minimum absolute atomic E-state index is 0.0485. The summed E-state index contributed by atoms with van der Waals surface area (Å²) in [6.45, 7) is 5.68. The lowest BCUT2D eigenvalue weighted by Crippen LogP contribution is -2.43. The molecule has 0 saturated heterocycles. The molecule has 1 aromatic carbocycles. The molecule has 1 atom stereocenters. The van der Waals surface area contributed by atoms with E-state index < -0.39 is 0 Å². The van der Waals surface area contributed by atoms with Crippen molar-refractivity contribution >= 4 is 11.6 Å². The summed E-state index contributed by atoms with van der Waals surface area (Å²) >= 11 is 0. The number of hydrogen-bond donors (Lipinski definition) is 2. The monoisotopic (exact) mass is 249 g/mol. The first-order valence-electron chi connectivity index (χ1n) is 6.38. The van der Waals surface area contributed by atoms with E-state index in [1.165, 1.54) is 0 Å². The zero-order valence-corrected chi connectivity index (χ0v) is 11.4. The van der Waals surface area contributed by atoms with Gasteiger partial charge in [-0.3, -0.25) is 9.69 Å². The van der Waals surface area contributed by atoms with Crippen molar-refractivity contribution in [3.05, 3.63) is 29.8 Å². The van der Waals surface area contributed by atoms with Crippen LogP contribution in [0.5, 0.6) is 0 Å². The summed E-state index contributed by atoms with van der Waals surface area (Å²) < 4.78 is 0. The minimum Gasteiger partial charge on any atom is -0.399 e. The van der Waals surface area contributed by atoms with Crippen molar-refractivity contribution in [2.45, 2.75) is 32.9 Å². The van der Waals surface area contributed by atoms with Crippen molar-refractivity contribution < 1.29 is 4.79 Å². The zero-order chi connectivity index (χ0) is 13.5. The Morgan fingerprint density at radius 1 is 1.50 bits per heavy atom. The number of anilines is 1. The van der Waals surface area contributed by atoms with Crippen LogP contribution in [0.1, 0.15) is 25.8 Å². The van der Waals surface area contributed by atoms with Crippen LogP contribution in [-0.2, 0) is 11.3 Å². The fourth-order valence-corrected chi connectivity index (χ4v) is 2.00. The summed E-state index contributed by atoms with van der Waals surface area (Å²) in [5.74, 6) is 0.0485. The zero-order valence-electron chi connectivity index (χ0n) is 11.4. The SMILES string of the molecule is CCCN(Cc1cccc(N)c1)C(C)C(=O)NC. The first kappa shape index (κ1) is 14.5. The molecule has 1 amide bonds. The third kappa shape index (κ3) is 4.04. The molecule has 0 saturated carbocycles. The molecule has 1 aromatic rings. The second-order valence-electron chi connectivity index (χ2n) is 4.51. The van der Waals surface area contributed by atoms with Gasteiger partial charge in [-0.1, -0.05) is 19.1 Å². The Morgan fingerprint density at radius 2 is 2.22 bits per heavy atom. The average molecular weight is 249 g/mol. The molecule has 0 heterocycles. The summed E-state index contributed by atoms with van der Waals surface area (Å²) in [6, 6.07) is 7.68. The maximum absolute atomic E-state index is 11.7. The van der Waals surface area contributed by atoms with Crippen molar-refractivity contribution in [2.24, 2.45) is 0 Å². The molecular formula is C14H23N3O. The van der Waals surface area contributed by atoms with Crippen LogP contribution in [0.3, 0.4) is 0 Å². The van der Waals surface area contributed by atoms with E-state index in [1.54, 1.807) is 7.05 Å². The third-order valence-electron chi connectivity index (χ3n) is 3.02. The van der Waals surface area contributed by atoms with Crippen LogP contribution in [0, 0.1) is 0 Å². The molecule has 0 aliphatic rings. The molecular weight excluding hydrogens is 226 g/mol. The Morgan fingerprint density at radius 3 is 2.78 bits per heavy atom. The predicted molar refractivity (Wildman–Crippen MR) is 75.1 cm³/mol. The number of nitrogens with one attached hydrogen (secondary N) is 1. The Balaban J connectivity index is 2.76. The number of carbonyl (C=O) groups is 1. The lowest BCUT2D eigenvalue weighted by atomic mass is 10.1. The fourth-order valence-electron chi connectivity index (χ4n) is 2.00. The molecule has 100 valence electrons. The van der Waals surface area contributed by atoms with E-state index in [4.69, 9.17) is 5.73 Å². The number of rotatable bonds is 6. The summed E-state index contributed by atoms with van der Waals surface area (Å²) in [6.07, 6.45) is 1.02. The van der Waals surface area contributed by atoms with Gasteiger partial charge in [0.2, 0.25) is 5.91 Å². The lowest BCUT2D eigenvalue weighted by Gasteiger charge is -2.27. The fraction of sp³-hybridized carbons (Fsp3) is 0.500. The van der Waals surface area contributed by atoms with Gasteiger partial charge in [0, 0.05) is 19.3 Å². The van der Waals surface area contributed by atoms with Crippen molar-refractivity contribution in [1.82, 2.24) is 10.2 Å². The van der Waals surface area contributed by atoms with E-state index in [2.05, 4.69) is 17.1 Å². The topological polar surface area (TPSA) is 58.4 Å². The van der Waals surface area contributed by atoms with Crippen molar-refractivity contribution in [1.29, 1.82) is 0 Å². The van der Waals surface area contributed by atoms with Gasteiger partial charge in [0.15, 0.2) is 0 Å². The van der Waals surface area contributed by atoms with E-state index >= 15 is 0 Å². The number of hydrogen-bond acceptors (Lipinski definition) is 3. The maximum atomic E-state index is 11.7. The molecule has 0 radical (unpaired) electrons. The van der Waals surface area contributed by atoms with E-state index in [1.807, 2.05) is 31.2 Å². The first-order valence-corrected chi connectivity index (χ1v) is 6.38. The normalized spacial score (nSPS) is 12.4. The number of nitrogen functional groups attached to an aromatic ring is 1. The van der Waals surface area contributed by atoms with Crippen molar-refractivity contribution in [2.75, 3.05) is 19.3 Å². The Hall–Kier alpha value is -1.55. The van der Waals surface area contributed by atoms with Crippen molar-refractivity contribution in [3.63, 3.8) is 0 Å². The van der Waals surface area contributed by atoms with Gasteiger partial charge in [-0.05, 0) is 37.6 Å². The number of carbonyl (C=O) groups excluding carboxylic acids is 1. The highest BCUT2D eigenvalue weighted by Gasteiger charge is 2.19. The number of nitrogens with zero attached hydrogens (tertiary/aromatic N) is 1. The highest BCUT2D eigenvalue weighted by atomic mass is 16.2. The average Bonchev–Trinajstić information content (AvgIpc) is 2.36. The van der Waals surface area contributed by atoms with Gasteiger partial charge < -0.3 is 11.1 Å². The third-order valence-corrected chi connectivity index (χ3v) is 3.02. The van der Waals surface area contributed by atoms with Crippen LogP contribution in [0.15, 0.2) is 24.3 Å². The van der Waals surface area contributed by atoms with Gasteiger partial charge in [-0.15, -0.1) is 0 Å². The highest BCUT2D eigenvalue weighted by Crippen LogP contribution is 2.12. The quantitative estimate of drug-likeness (QED) is 0.753. The predicted octanol–water partition coefficient (Wildman–Crippen LogP) is 1.62. The number of likely N-dealkylation sites (N-methyl/N-ethyl adjacent to an activating group) is 1. The molecule has 1 unspecified atom stereocenters. The molecule has 4 nitrogen and oxygen atoms in total. The molecule has 0 bridgehead atoms. The molecule has 4 heteroatoms. The van der Waals surface area contributed by atoms with Crippen LogP contribution >= 0.6 is 0 Å². The van der Waals surface area contributed by atoms with E-state index in [0.29, 0.717) is 0 Å². The van der Waals surface area contributed by atoms with Gasteiger partial charge in [0.05, 0.1) is 6.04 Å². The largest absolute Gasteiger partial charge is 0.399 e. The molecule has 0 aliphatic heterocycles. The number of amides is 1. The molecule has 0 spiro atoms.